The summed E-state index contributed by atoms with van der Waals surface area (Å²) in [5.41, 5.74) is 20.3. The van der Waals surface area contributed by atoms with Crippen LogP contribution in [0, 0.1) is 18.6 Å². The van der Waals surface area contributed by atoms with E-state index in [9.17, 15) is 0 Å². The van der Waals surface area contributed by atoms with Gasteiger partial charge in [-0.15, -0.1) is 5.54 Å². The molecule has 57 heavy (non-hydrogen) atoms. The van der Waals surface area contributed by atoms with Crippen molar-refractivity contribution < 1.29 is 0 Å². The van der Waals surface area contributed by atoms with Gasteiger partial charge < -0.3 is 9.97 Å². The van der Waals surface area contributed by atoms with E-state index in [4.69, 9.17) is 9.97 Å². The molecule has 4 nitrogen and oxygen atoms in total. The van der Waals surface area contributed by atoms with Gasteiger partial charge >= 0.3 is 0 Å². The summed E-state index contributed by atoms with van der Waals surface area (Å²) in [6, 6.07) is 43.1. The van der Waals surface area contributed by atoms with Gasteiger partial charge in [-0.2, -0.15) is 0 Å². The fourth-order valence-electron chi connectivity index (χ4n) is 7.25. The Morgan fingerprint density at radius 3 is 1.25 bits per heavy atom. The molecule has 0 saturated heterocycles. The van der Waals surface area contributed by atoms with Gasteiger partial charge in [-0.1, -0.05) is 90.0 Å². The number of halogens is 3. The lowest BCUT2D eigenvalue weighted by Crippen LogP contribution is -2.16. The van der Waals surface area contributed by atoms with Gasteiger partial charge in [0, 0.05) is 61.5 Å². The molecule has 276 valence electrons. The largest absolute Gasteiger partial charge is 0.354 e. The standard InChI is InChI=1S/C49H35BrI2N4Si/c1-57(2,3)29-28-30-4-6-31(7-5-30)46-38-20-22-40(53-38)47(32-8-14-35(50)15-9-32)41-23-25-43(55-41)49(34-12-18-37(52)19-13-34)45-27-26-44(56-45)48(42-24-21-39(46)54-42)33-10-16-36(51)17-11-33/h4-27,55-56H,1-3H3. The second kappa shape index (κ2) is 15.5. The smallest absolute Gasteiger partial charge is 0.129 e. The van der Waals surface area contributed by atoms with Crippen molar-refractivity contribution in [2.45, 2.75) is 19.6 Å². The van der Waals surface area contributed by atoms with Crippen molar-refractivity contribution in [1.29, 1.82) is 0 Å². The van der Waals surface area contributed by atoms with Crippen LogP contribution in [0.25, 0.3) is 90.9 Å². The summed E-state index contributed by atoms with van der Waals surface area (Å²) >= 11 is 8.39. The van der Waals surface area contributed by atoms with Crippen LogP contribution >= 0.6 is 61.1 Å². The Bertz CT molecular complexity index is 2850. The lowest BCUT2D eigenvalue weighted by molar-refractivity contribution is 1.27. The Hall–Kier alpha value is -4.80. The van der Waals surface area contributed by atoms with Crippen molar-refractivity contribution in [3.8, 4) is 56.0 Å². The van der Waals surface area contributed by atoms with Gasteiger partial charge in [-0.3, -0.25) is 0 Å². The third kappa shape index (κ3) is 7.91. The predicted molar refractivity (Wildman–Crippen MR) is 264 cm³/mol. The van der Waals surface area contributed by atoms with E-state index < -0.39 is 8.07 Å². The summed E-state index contributed by atoms with van der Waals surface area (Å²) in [5.74, 6) is 3.42. The van der Waals surface area contributed by atoms with Gasteiger partial charge in [0.1, 0.15) is 8.07 Å². The van der Waals surface area contributed by atoms with Crippen molar-refractivity contribution in [1.82, 2.24) is 19.9 Å². The zero-order valence-electron chi connectivity index (χ0n) is 31.4. The first-order valence-electron chi connectivity index (χ1n) is 18.6. The van der Waals surface area contributed by atoms with Crippen molar-refractivity contribution in [2.75, 3.05) is 0 Å². The SMILES string of the molecule is C[Si](C)(C)C#Cc1ccc(-c2c3nc(c(-c4ccc(Br)cc4)c4ccc([nH]4)c(-c4ccc(I)cc4)c4ccc([nH]4)c(-c4ccc(I)cc4)c4nc2C=C4)C=C3)cc1. The first-order valence-corrected chi connectivity index (χ1v) is 25.1. The maximum Gasteiger partial charge on any atom is 0.129 e. The zero-order chi connectivity index (χ0) is 39.3. The number of hydrogen-bond acceptors (Lipinski definition) is 2. The summed E-state index contributed by atoms with van der Waals surface area (Å²) < 4.78 is 3.38. The van der Waals surface area contributed by atoms with Crippen LogP contribution < -0.4 is 0 Å². The normalized spacial score (nSPS) is 12.1. The Morgan fingerprint density at radius 2 is 0.807 bits per heavy atom. The highest BCUT2D eigenvalue weighted by atomic mass is 127. The second-order valence-corrected chi connectivity index (χ2v) is 23.3. The van der Waals surface area contributed by atoms with Crippen LogP contribution in [0.2, 0.25) is 19.6 Å². The number of aromatic amines is 2. The van der Waals surface area contributed by atoms with Crippen LogP contribution in [0.3, 0.4) is 0 Å². The van der Waals surface area contributed by atoms with E-state index in [0.717, 1.165) is 99.4 Å². The number of H-pyrrole nitrogens is 2. The van der Waals surface area contributed by atoms with Gasteiger partial charge in [0.15, 0.2) is 0 Å². The van der Waals surface area contributed by atoms with E-state index in [1.807, 2.05) is 0 Å². The molecule has 3 aromatic heterocycles. The molecule has 0 fully saturated rings. The molecule has 0 aliphatic carbocycles. The summed E-state index contributed by atoms with van der Waals surface area (Å²) in [6.45, 7) is 6.80. The van der Waals surface area contributed by atoms with E-state index in [1.165, 1.54) is 7.14 Å². The van der Waals surface area contributed by atoms with Crippen molar-refractivity contribution in [2.24, 2.45) is 0 Å². The van der Waals surface area contributed by atoms with E-state index in [-0.39, 0.29) is 0 Å². The fourth-order valence-corrected chi connectivity index (χ4v) is 8.75. The second-order valence-electron chi connectivity index (χ2n) is 15.1. The molecule has 0 amide bonds. The number of benzene rings is 4. The molecule has 7 aromatic rings. The van der Waals surface area contributed by atoms with E-state index in [2.05, 4.69) is 248 Å². The summed E-state index contributed by atoms with van der Waals surface area (Å²) in [4.78, 5) is 18.6. The first-order chi connectivity index (χ1) is 27.6. The third-order valence-corrected chi connectivity index (χ3v) is 12.7. The van der Waals surface area contributed by atoms with Crippen LogP contribution in [-0.2, 0) is 0 Å². The van der Waals surface area contributed by atoms with E-state index in [1.54, 1.807) is 0 Å². The van der Waals surface area contributed by atoms with Crippen molar-refractivity contribution in [3.63, 3.8) is 0 Å². The summed E-state index contributed by atoms with van der Waals surface area (Å²) in [6.07, 6.45) is 8.53. The molecule has 2 aliphatic rings. The van der Waals surface area contributed by atoms with Crippen LogP contribution in [-0.4, -0.2) is 28.0 Å². The average Bonchev–Trinajstić information content (AvgIpc) is 4.04. The fraction of sp³-hybridized carbons (Fsp3) is 0.0612. The van der Waals surface area contributed by atoms with Gasteiger partial charge in [0.25, 0.3) is 0 Å². The quantitative estimate of drug-likeness (QED) is 0.105. The van der Waals surface area contributed by atoms with Crippen LogP contribution in [0.15, 0.2) is 126 Å². The molecular formula is C49H35BrI2N4Si. The van der Waals surface area contributed by atoms with Crippen LogP contribution in [0.1, 0.15) is 28.3 Å². The van der Waals surface area contributed by atoms with Crippen molar-refractivity contribution in [3.05, 3.63) is 161 Å². The van der Waals surface area contributed by atoms with Crippen molar-refractivity contribution >= 4 is 116 Å². The molecule has 2 aliphatic heterocycles. The Kier molecular flexibility index (Phi) is 10.3. The van der Waals surface area contributed by atoms with Crippen LogP contribution in [0.4, 0.5) is 0 Å². The van der Waals surface area contributed by atoms with Gasteiger partial charge in [-0.25, -0.2) is 9.97 Å². The molecule has 0 atom stereocenters. The van der Waals surface area contributed by atoms with E-state index in [0.29, 0.717) is 0 Å². The first kappa shape index (κ1) is 37.8. The molecule has 0 unspecified atom stereocenters. The Labute approximate surface area is 369 Å². The Morgan fingerprint density at radius 1 is 0.456 bits per heavy atom. The molecule has 2 N–H and O–H groups in total. The lowest BCUT2D eigenvalue weighted by Gasteiger charge is -2.08. The predicted octanol–water partition coefficient (Wildman–Crippen LogP) is 14.5. The molecule has 0 spiro atoms. The number of nitrogens with one attached hydrogen (secondary N) is 2. The van der Waals surface area contributed by atoms with Gasteiger partial charge in [0.05, 0.1) is 22.8 Å². The maximum absolute atomic E-state index is 5.44. The molecule has 0 saturated carbocycles. The minimum absolute atomic E-state index is 0.855. The van der Waals surface area contributed by atoms with Crippen LogP contribution in [0.5, 0.6) is 0 Å². The third-order valence-electron chi connectivity index (χ3n) is 9.91. The molecule has 0 radical (unpaired) electrons. The Balaban J connectivity index is 1.42. The number of rotatable bonds is 4. The highest BCUT2D eigenvalue weighted by Gasteiger charge is 2.20. The molecule has 5 heterocycles. The average molecular weight is 1040 g/mol. The zero-order valence-corrected chi connectivity index (χ0v) is 38.3. The number of fused-ring (bicyclic) bond motifs is 8. The summed E-state index contributed by atoms with van der Waals surface area (Å²) in [5, 5.41) is 0. The topological polar surface area (TPSA) is 57.4 Å². The molecule has 8 heteroatoms. The lowest BCUT2D eigenvalue weighted by atomic mass is 10.0. The maximum atomic E-state index is 5.44. The minimum Gasteiger partial charge on any atom is -0.354 e. The van der Waals surface area contributed by atoms with Gasteiger partial charge in [-0.05, 0) is 165 Å². The highest BCUT2D eigenvalue weighted by Crippen LogP contribution is 2.39. The molecule has 4 aromatic carbocycles. The highest BCUT2D eigenvalue weighted by molar-refractivity contribution is 14.1. The molecule has 9 rings (SSSR count). The van der Waals surface area contributed by atoms with Gasteiger partial charge in [0.2, 0.25) is 0 Å². The summed E-state index contributed by atoms with van der Waals surface area (Å²) in [7, 11) is -1.53. The number of hydrogen-bond donors (Lipinski definition) is 2. The molecule has 8 bridgehead atoms. The minimum atomic E-state index is -1.53. The monoisotopic (exact) mass is 1040 g/mol. The van der Waals surface area contributed by atoms with E-state index >= 15 is 0 Å². The molecular weight excluding hydrogens is 1010 g/mol. The number of nitrogens with zero attached hydrogens (tertiary/aromatic N) is 2. The number of aromatic nitrogens is 4.